The van der Waals surface area contributed by atoms with Crippen LogP contribution in [0.2, 0.25) is 0 Å². The van der Waals surface area contributed by atoms with E-state index in [0.717, 1.165) is 22.6 Å². The molecule has 2 heterocycles. The minimum absolute atomic E-state index is 0.0785. The van der Waals surface area contributed by atoms with Gasteiger partial charge < -0.3 is 15.4 Å². The number of methoxy groups -OCH3 is 1. The Hall–Kier alpha value is -3.68. The van der Waals surface area contributed by atoms with Crippen LogP contribution in [0.25, 0.3) is 11.1 Å². The first-order chi connectivity index (χ1) is 14.5. The van der Waals surface area contributed by atoms with Crippen LogP contribution in [-0.2, 0) is 16.0 Å². The molecule has 30 heavy (non-hydrogen) atoms. The van der Waals surface area contributed by atoms with E-state index in [0.29, 0.717) is 12.2 Å². The number of rotatable bonds is 6. The number of benzene rings is 2. The van der Waals surface area contributed by atoms with Crippen molar-refractivity contribution in [2.24, 2.45) is 0 Å². The average molecular weight is 408 g/mol. The van der Waals surface area contributed by atoms with Crippen LogP contribution in [0, 0.1) is 5.82 Å². The number of amides is 2. The van der Waals surface area contributed by atoms with Crippen LogP contribution in [0.3, 0.4) is 0 Å². The van der Waals surface area contributed by atoms with Crippen LogP contribution in [0.4, 0.5) is 15.9 Å². The lowest BCUT2D eigenvalue weighted by Gasteiger charge is -2.10. The maximum absolute atomic E-state index is 13.8. The van der Waals surface area contributed by atoms with Gasteiger partial charge in [0.2, 0.25) is 5.91 Å². The first kappa shape index (κ1) is 19.6. The van der Waals surface area contributed by atoms with Crippen LogP contribution in [0.5, 0.6) is 5.75 Å². The molecule has 1 atom stereocenters. The number of carbonyl (C=O) groups excluding carboxylic acids is 2. The van der Waals surface area contributed by atoms with Crippen LogP contribution in [0.1, 0.15) is 25.1 Å². The highest BCUT2D eigenvalue weighted by molar-refractivity contribution is 6.04. The molecule has 154 valence electrons. The third-order valence-electron chi connectivity index (χ3n) is 5.06. The van der Waals surface area contributed by atoms with Crippen LogP contribution < -0.4 is 15.4 Å². The van der Waals surface area contributed by atoms with Gasteiger partial charge in [-0.1, -0.05) is 31.2 Å². The molecule has 4 rings (SSSR count). The van der Waals surface area contributed by atoms with E-state index in [1.54, 1.807) is 23.9 Å². The maximum Gasteiger partial charge on any atom is 0.251 e. The van der Waals surface area contributed by atoms with Crippen molar-refractivity contribution in [2.75, 3.05) is 17.7 Å². The molecule has 2 aromatic carbocycles. The van der Waals surface area contributed by atoms with Crippen molar-refractivity contribution in [3.05, 3.63) is 60.0 Å². The van der Waals surface area contributed by atoms with Gasteiger partial charge >= 0.3 is 0 Å². The number of nitrogens with one attached hydrogen (secondary N) is 2. The van der Waals surface area contributed by atoms with Crippen LogP contribution in [0.15, 0.2) is 48.5 Å². The predicted molar refractivity (Wildman–Crippen MR) is 111 cm³/mol. The van der Waals surface area contributed by atoms with E-state index in [9.17, 15) is 14.0 Å². The van der Waals surface area contributed by atoms with Gasteiger partial charge in [0.15, 0.2) is 0 Å². The molecule has 2 N–H and O–H groups in total. The van der Waals surface area contributed by atoms with Crippen molar-refractivity contribution in [1.82, 2.24) is 9.78 Å². The smallest absolute Gasteiger partial charge is 0.251 e. The summed E-state index contributed by atoms with van der Waals surface area (Å²) < 4.78 is 20.6. The summed E-state index contributed by atoms with van der Waals surface area (Å²) in [5, 5.41) is 9.96. The Balaban J connectivity index is 1.61. The van der Waals surface area contributed by atoms with Crippen molar-refractivity contribution in [3.8, 4) is 16.9 Å². The van der Waals surface area contributed by atoms with Crippen LogP contribution in [-0.4, -0.2) is 28.7 Å². The molecule has 0 bridgehead atoms. The van der Waals surface area contributed by atoms with Gasteiger partial charge in [-0.15, -0.1) is 0 Å². The summed E-state index contributed by atoms with van der Waals surface area (Å²) in [7, 11) is 1.60. The number of halogens is 1. The second-order valence-electron chi connectivity index (χ2n) is 6.93. The first-order valence-corrected chi connectivity index (χ1v) is 9.62. The van der Waals surface area contributed by atoms with E-state index in [1.807, 2.05) is 31.2 Å². The molecular weight excluding hydrogens is 387 g/mol. The second kappa shape index (κ2) is 7.98. The number of ether oxygens (including phenoxy) is 1. The fourth-order valence-corrected chi connectivity index (χ4v) is 3.56. The molecule has 0 radical (unpaired) electrons. The van der Waals surface area contributed by atoms with Gasteiger partial charge in [-0.2, -0.15) is 5.10 Å². The Labute approximate surface area is 172 Å². The SMILES string of the molecule is CCc1nn2c(c1-c1ccc(OC)cc1)NC(=O)C2CC(=O)Nc1ccccc1F. The average Bonchev–Trinajstić information content (AvgIpc) is 3.25. The van der Waals surface area contributed by atoms with E-state index in [2.05, 4.69) is 15.7 Å². The highest BCUT2D eigenvalue weighted by Gasteiger charge is 2.36. The summed E-state index contributed by atoms with van der Waals surface area (Å²) in [6.45, 7) is 1.98. The first-order valence-electron chi connectivity index (χ1n) is 9.62. The number of aromatic nitrogens is 2. The summed E-state index contributed by atoms with van der Waals surface area (Å²) >= 11 is 0. The van der Waals surface area contributed by atoms with Gasteiger partial charge in [-0.3, -0.25) is 9.59 Å². The molecule has 0 fully saturated rings. The summed E-state index contributed by atoms with van der Waals surface area (Å²) in [4.78, 5) is 25.0. The maximum atomic E-state index is 13.8. The zero-order valence-electron chi connectivity index (χ0n) is 16.6. The summed E-state index contributed by atoms with van der Waals surface area (Å²) in [6.07, 6.45) is 0.505. The van der Waals surface area contributed by atoms with Crippen molar-refractivity contribution in [1.29, 1.82) is 0 Å². The van der Waals surface area contributed by atoms with Gasteiger partial charge in [0.1, 0.15) is 23.4 Å². The third-order valence-corrected chi connectivity index (χ3v) is 5.06. The molecular formula is C22H21FN4O3. The molecule has 8 heteroatoms. The number of aryl methyl sites for hydroxylation is 1. The topological polar surface area (TPSA) is 85.2 Å². The van der Waals surface area contributed by atoms with Crippen molar-refractivity contribution >= 4 is 23.3 Å². The van der Waals surface area contributed by atoms with E-state index in [1.165, 1.54) is 12.1 Å². The Morgan fingerprint density at radius 2 is 1.97 bits per heavy atom. The van der Waals surface area contributed by atoms with Gasteiger partial charge in [0, 0.05) is 5.56 Å². The minimum atomic E-state index is -0.802. The number of anilines is 2. The van der Waals surface area contributed by atoms with Gasteiger partial charge in [-0.25, -0.2) is 9.07 Å². The zero-order chi connectivity index (χ0) is 21.3. The highest BCUT2D eigenvalue weighted by atomic mass is 19.1. The fourth-order valence-electron chi connectivity index (χ4n) is 3.56. The van der Waals surface area contributed by atoms with E-state index < -0.39 is 17.8 Å². The molecule has 3 aromatic rings. The quantitative estimate of drug-likeness (QED) is 0.650. The minimum Gasteiger partial charge on any atom is -0.497 e. The molecule has 0 aliphatic carbocycles. The lowest BCUT2D eigenvalue weighted by atomic mass is 10.0. The summed E-state index contributed by atoms with van der Waals surface area (Å²) in [5.41, 5.74) is 2.61. The third kappa shape index (κ3) is 3.52. The molecule has 1 aliphatic heterocycles. The van der Waals surface area contributed by atoms with E-state index >= 15 is 0 Å². The summed E-state index contributed by atoms with van der Waals surface area (Å²) in [6, 6.07) is 12.6. The molecule has 1 unspecified atom stereocenters. The monoisotopic (exact) mass is 408 g/mol. The van der Waals surface area contributed by atoms with Crippen LogP contribution >= 0.6 is 0 Å². The number of nitrogens with zero attached hydrogens (tertiary/aromatic N) is 2. The number of para-hydroxylation sites is 1. The van der Waals surface area contributed by atoms with Gasteiger partial charge in [0.05, 0.1) is 24.9 Å². The molecule has 0 saturated carbocycles. The van der Waals surface area contributed by atoms with Gasteiger partial charge in [-0.05, 0) is 36.2 Å². The number of hydrogen-bond donors (Lipinski definition) is 2. The molecule has 0 spiro atoms. The Morgan fingerprint density at radius 3 is 2.63 bits per heavy atom. The molecule has 0 saturated heterocycles. The number of fused-ring (bicyclic) bond motifs is 1. The Bertz CT molecular complexity index is 1110. The Kier molecular flexibility index (Phi) is 5.22. The number of carbonyl (C=O) groups is 2. The number of hydrogen-bond acceptors (Lipinski definition) is 4. The second-order valence-corrected chi connectivity index (χ2v) is 6.93. The standard InChI is InChI=1S/C22H21FN4O3/c1-3-16-20(13-8-10-14(30-2)11-9-13)21-25-22(29)18(27(21)26-16)12-19(28)24-17-7-5-4-6-15(17)23/h4-11,18H,3,12H2,1-2H3,(H,24,28)(H,25,29). The lowest BCUT2D eigenvalue weighted by molar-refractivity contribution is -0.123. The Morgan fingerprint density at radius 1 is 1.23 bits per heavy atom. The largest absolute Gasteiger partial charge is 0.497 e. The zero-order valence-corrected chi connectivity index (χ0v) is 16.6. The predicted octanol–water partition coefficient (Wildman–Crippen LogP) is 3.78. The molecule has 7 nitrogen and oxygen atoms in total. The lowest BCUT2D eigenvalue weighted by Crippen LogP contribution is -2.24. The van der Waals surface area contributed by atoms with Crippen molar-refractivity contribution < 1.29 is 18.7 Å². The summed E-state index contributed by atoms with van der Waals surface area (Å²) in [5.74, 6) is -0.0270. The van der Waals surface area contributed by atoms with E-state index in [-0.39, 0.29) is 18.0 Å². The fraction of sp³-hybridized carbons (Fsp3) is 0.227. The van der Waals surface area contributed by atoms with Crippen molar-refractivity contribution in [2.45, 2.75) is 25.8 Å². The molecule has 1 aromatic heterocycles. The van der Waals surface area contributed by atoms with Gasteiger partial charge in [0.25, 0.3) is 5.91 Å². The van der Waals surface area contributed by atoms with E-state index in [4.69, 9.17) is 4.74 Å². The molecule has 1 aliphatic rings. The normalized spacial score (nSPS) is 14.9. The molecule has 2 amide bonds. The highest BCUT2D eigenvalue weighted by Crippen LogP contribution is 2.39. The van der Waals surface area contributed by atoms with Crippen molar-refractivity contribution in [3.63, 3.8) is 0 Å².